The normalized spacial score (nSPS) is 12.3. The van der Waals surface area contributed by atoms with Crippen molar-refractivity contribution in [3.63, 3.8) is 0 Å². The lowest BCUT2D eigenvalue weighted by Gasteiger charge is -2.21. The molecule has 2 rings (SSSR count). The number of hydrogen-bond donors (Lipinski definition) is 1. The van der Waals surface area contributed by atoms with Crippen LogP contribution in [0, 0.1) is 6.92 Å². The van der Waals surface area contributed by atoms with E-state index in [4.69, 9.17) is 11.6 Å². The van der Waals surface area contributed by atoms with E-state index in [1.807, 2.05) is 0 Å². The molecule has 0 saturated heterocycles. The third-order valence-electron chi connectivity index (χ3n) is 3.52. The highest BCUT2D eigenvalue weighted by Gasteiger charge is 2.15. The van der Waals surface area contributed by atoms with Gasteiger partial charge in [0.25, 0.3) is 0 Å². The van der Waals surface area contributed by atoms with Gasteiger partial charge in [-0.05, 0) is 43.0 Å². The first-order valence-corrected chi connectivity index (χ1v) is 7.62. The maximum Gasteiger partial charge on any atom is 0.0483 e. The molecule has 0 aliphatic carbocycles. The molecular formula is C18H22ClN. The van der Waals surface area contributed by atoms with Crippen LogP contribution in [0.15, 0.2) is 48.5 Å². The minimum absolute atomic E-state index is 0.268. The number of hydrogen-bond acceptors (Lipinski definition) is 1. The largest absolute Gasteiger partial charge is 0.310 e. The zero-order chi connectivity index (χ0) is 14.4. The van der Waals surface area contributed by atoms with Crippen LogP contribution < -0.4 is 5.32 Å². The van der Waals surface area contributed by atoms with E-state index in [-0.39, 0.29) is 6.04 Å². The van der Waals surface area contributed by atoms with Crippen molar-refractivity contribution in [2.75, 3.05) is 6.54 Å². The van der Waals surface area contributed by atoms with Gasteiger partial charge in [-0.3, -0.25) is 0 Å². The Labute approximate surface area is 127 Å². The highest BCUT2D eigenvalue weighted by molar-refractivity contribution is 6.32. The summed E-state index contributed by atoms with van der Waals surface area (Å²) < 4.78 is 0. The van der Waals surface area contributed by atoms with Gasteiger partial charge in [0.05, 0.1) is 0 Å². The Bertz CT molecular complexity index is 536. The molecule has 2 heteroatoms. The molecule has 106 valence electrons. The topological polar surface area (TPSA) is 12.0 Å². The first-order valence-electron chi connectivity index (χ1n) is 7.24. The van der Waals surface area contributed by atoms with E-state index < -0.39 is 0 Å². The summed E-state index contributed by atoms with van der Waals surface area (Å²) in [6.07, 6.45) is 2.08. The molecule has 0 aliphatic heterocycles. The quantitative estimate of drug-likeness (QED) is 0.794. The molecule has 2 aromatic rings. The van der Waals surface area contributed by atoms with Gasteiger partial charge in [0, 0.05) is 11.1 Å². The third-order valence-corrected chi connectivity index (χ3v) is 4.04. The molecule has 0 aromatic heterocycles. The lowest BCUT2D eigenvalue weighted by molar-refractivity contribution is 0.529. The van der Waals surface area contributed by atoms with Crippen LogP contribution in [0.25, 0.3) is 0 Å². The molecule has 1 nitrogen and oxygen atoms in total. The van der Waals surface area contributed by atoms with Crippen LogP contribution in [0.1, 0.15) is 36.1 Å². The van der Waals surface area contributed by atoms with Crippen molar-refractivity contribution < 1.29 is 0 Å². The maximum atomic E-state index is 6.49. The summed E-state index contributed by atoms with van der Waals surface area (Å²) in [5, 5.41) is 4.50. The van der Waals surface area contributed by atoms with Gasteiger partial charge in [0.1, 0.15) is 0 Å². The molecule has 1 unspecified atom stereocenters. The monoisotopic (exact) mass is 287 g/mol. The first kappa shape index (κ1) is 15.1. The van der Waals surface area contributed by atoms with Gasteiger partial charge in [-0.25, -0.2) is 0 Å². The van der Waals surface area contributed by atoms with E-state index in [2.05, 4.69) is 67.7 Å². The average molecular weight is 288 g/mol. The van der Waals surface area contributed by atoms with Crippen LogP contribution in [0.5, 0.6) is 0 Å². The second-order valence-electron chi connectivity index (χ2n) is 5.17. The molecule has 0 bridgehead atoms. The van der Waals surface area contributed by atoms with E-state index in [1.54, 1.807) is 0 Å². The summed E-state index contributed by atoms with van der Waals surface area (Å²) in [4.78, 5) is 0. The zero-order valence-corrected chi connectivity index (χ0v) is 13.0. The van der Waals surface area contributed by atoms with Gasteiger partial charge >= 0.3 is 0 Å². The first-order chi connectivity index (χ1) is 9.72. The van der Waals surface area contributed by atoms with Crippen molar-refractivity contribution >= 4 is 11.6 Å². The summed E-state index contributed by atoms with van der Waals surface area (Å²) >= 11 is 6.49. The van der Waals surface area contributed by atoms with Crippen molar-refractivity contribution in [1.82, 2.24) is 5.32 Å². The molecule has 20 heavy (non-hydrogen) atoms. The van der Waals surface area contributed by atoms with Crippen LogP contribution >= 0.6 is 11.6 Å². The van der Waals surface area contributed by atoms with Crippen LogP contribution in [-0.4, -0.2) is 6.54 Å². The Balaban J connectivity index is 2.25. The SMILES string of the molecule is CCCNC(Cc1ccccc1)c1cccc(C)c1Cl. The van der Waals surface area contributed by atoms with E-state index in [1.165, 1.54) is 11.1 Å². The Morgan fingerprint density at radius 2 is 1.80 bits per heavy atom. The van der Waals surface area contributed by atoms with Crippen LogP contribution in [-0.2, 0) is 6.42 Å². The average Bonchev–Trinajstić information content (AvgIpc) is 2.48. The van der Waals surface area contributed by atoms with Crippen LogP contribution in [0.4, 0.5) is 0 Å². The Morgan fingerprint density at radius 3 is 2.50 bits per heavy atom. The fourth-order valence-electron chi connectivity index (χ4n) is 2.40. The highest BCUT2D eigenvalue weighted by Crippen LogP contribution is 2.28. The van der Waals surface area contributed by atoms with Crippen molar-refractivity contribution in [2.24, 2.45) is 0 Å². The predicted octanol–water partition coefficient (Wildman–Crippen LogP) is 4.93. The second kappa shape index (κ2) is 7.47. The van der Waals surface area contributed by atoms with Crippen LogP contribution in [0.2, 0.25) is 5.02 Å². The van der Waals surface area contributed by atoms with Gasteiger partial charge in [-0.1, -0.05) is 67.1 Å². The van der Waals surface area contributed by atoms with Gasteiger partial charge in [0.15, 0.2) is 0 Å². The number of benzene rings is 2. The lowest BCUT2D eigenvalue weighted by Crippen LogP contribution is -2.24. The van der Waals surface area contributed by atoms with Crippen molar-refractivity contribution in [3.8, 4) is 0 Å². The van der Waals surface area contributed by atoms with Gasteiger partial charge in [-0.15, -0.1) is 0 Å². The van der Waals surface area contributed by atoms with Gasteiger partial charge in [0.2, 0.25) is 0 Å². The molecule has 0 radical (unpaired) electrons. The standard InChI is InChI=1S/C18H22ClN/c1-3-12-20-17(13-15-9-5-4-6-10-15)16-11-7-8-14(2)18(16)19/h4-11,17,20H,3,12-13H2,1-2H3. The Morgan fingerprint density at radius 1 is 1.05 bits per heavy atom. The molecular weight excluding hydrogens is 266 g/mol. The lowest BCUT2D eigenvalue weighted by atomic mass is 9.97. The van der Waals surface area contributed by atoms with E-state index >= 15 is 0 Å². The number of aryl methyl sites for hydroxylation is 1. The fourth-order valence-corrected chi connectivity index (χ4v) is 2.66. The molecule has 0 aliphatic rings. The molecule has 2 aromatic carbocycles. The summed E-state index contributed by atoms with van der Waals surface area (Å²) in [5.41, 5.74) is 3.67. The summed E-state index contributed by atoms with van der Waals surface area (Å²) in [7, 11) is 0. The molecule has 0 fully saturated rings. The summed E-state index contributed by atoms with van der Waals surface area (Å²) in [6.45, 7) is 5.25. The smallest absolute Gasteiger partial charge is 0.0483 e. The van der Waals surface area contributed by atoms with Gasteiger partial charge < -0.3 is 5.32 Å². The molecule has 1 atom stereocenters. The molecule has 0 heterocycles. The second-order valence-corrected chi connectivity index (χ2v) is 5.55. The van der Waals surface area contributed by atoms with E-state index in [0.717, 1.165) is 30.0 Å². The number of halogens is 1. The summed E-state index contributed by atoms with van der Waals surface area (Å²) in [5.74, 6) is 0. The number of nitrogens with one attached hydrogen (secondary N) is 1. The predicted molar refractivity (Wildman–Crippen MR) is 87.4 cm³/mol. The maximum absolute atomic E-state index is 6.49. The minimum atomic E-state index is 0.268. The third kappa shape index (κ3) is 3.84. The molecule has 0 amide bonds. The zero-order valence-electron chi connectivity index (χ0n) is 12.2. The van der Waals surface area contributed by atoms with E-state index in [0.29, 0.717) is 0 Å². The Kier molecular flexibility index (Phi) is 5.63. The fraction of sp³-hybridized carbons (Fsp3) is 0.333. The van der Waals surface area contributed by atoms with Crippen molar-refractivity contribution in [1.29, 1.82) is 0 Å². The van der Waals surface area contributed by atoms with Crippen LogP contribution in [0.3, 0.4) is 0 Å². The van der Waals surface area contributed by atoms with Crippen molar-refractivity contribution in [3.05, 3.63) is 70.2 Å². The Hall–Kier alpha value is -1.31. The molecule has 0 saturated carbocycles. The minimum Gasteiger partial charge on any atom is -0.310 e. The van der Waals surface area contributed by atoms with Gasteiger partial charge in [-0.2, -0.15) is 0 Å². The van der Waals surface area contributed by atoms with E-state index in [9.17, 15) is 0 Å². The number of rotatable bonds is 6. The summed E-state index contributed by atoms with van der Waals surface area (Å²) in [6, 6.07) is 17.1. The highest BCUT2D eigenvalue weighted by atomic mass is 35.5. The molecule has 0 spiro atoms. The molecule has 1 N–H and O–H groups in total. The van der Waals surface area contributed by atoms with Crippen molar-refractivity contribution in [2.45, 2.75) is 32.7 Å².